The van der Waals surface area contributed by atoms with Crippen LogP contribution in [0.1, 0.15) is 22.3 Å². The first-order chi connectivity index (χ1) is 27.8. The summed E-state index contributed by atoms with van der Waals surface area (Å²) in [5, 5.41) is 7.51. The number of hydrogen-bond donors (Lipinski definition) is 0. The molecule has 0 radical (unpaired) electrons. The number of nitrogens with zero attached hydrogens (tertiary/aromatic N) is 1. The molecule has 0 heterocycles. The smallest absolute Gasteiger partial charge is 0.0714 e. The number of rotatable bonds is 6. The predicted molar refractivity (Wildman–Crippen MR) is 236 cm³/mol. The molecule has 0 atom stereocenters. The average molecular weight is 712 g/mol. The third kappa shape index (κ3) is 5.02. The fourth-order valence-electron chi connectivity index (χ4n) is 9.33. The zero-order valence-electron chi connectivity index (χ0n) is 30.8. The zero-order chi connectivity index (χ0) is 37.1. The lowest BCUT2D eigenvalue weighted by Crippen LogP contribution is -2.28. The SMILES string of the molecule is c1ccc(C2(c3ccccc3)c3ccccc3-c3ccc(N(c4ccc(-c5ccc6ccccc6c5)cc4)c4ccc5c(ccc6ccccc65)c4)cc32)cc1. The van der Waals surface area contributed by atoms with Crippen LogP contribution in [-0.4, -0.2) is 0 Å². The summed E-state index contributed by atoms with van der Waals surface area (Å²) in [5.41, 5.74) is 12.9. The van der Waals surface area contributed by atoms with Gasteiger partial charge in [0.15, 0.2) is 0 Å². The Morgan fingerprint density at radius 2 is 0.821 bits per heavy atom. The van der Waals surface area contributed by atoms with Crippen molar-refractivity contribution in [3.8, 4) is 22.3 Å². The highest BCUT2D eigenvalue weighted by Crippen LogP contribution is 2.57. The van der Waals surface area contributed by atoms with E-state index in [9.17, 15) is 0 Å². The highest BCUT2D eigenvalue weighted by atomic mass is 15.1. The van der Waals surface area contributed by atoms with Crippen molar-refractivity contribution in [1.29, 1.82) is 0 Å². The van der Waals surface area contributed by atoms with E-state index < -0.39 is 5.41 Å². The Morgan fingerprint density at radius 1 is 0.286 bits per heavy atom. The Labute approximate surface area is 327 Å². The molecule has 262 valence electrons. The van der Waals surface area contributed by atoms with Crippen LogP contribution in [-0.2, 0) is 5.41 Å². The Morgan fingerprint density at radius 3 is 1.61 bits per heavy atom. The van der Waals surface area contributed by atoms with Gasteiger partial charge in [0.25, 0.3) is 0 Å². The largest absolute Gasteiger partial charge is 0.310 e. The molecular formula is C55H37N. The molecule has 0 bridgehead atoms. The first kappa shape index (κ1) is 32.2. The van der Waals surface area contributed by atoms with Gasteiger partial charge in [0, 0.05) is 17.1 Å². The normalized spacial score (nSPS) is 12.8. The summed E-state index contributed by atoms with van der Waals surface area (Å²) in [4.78, 5) is 2.43. The van der Waals surface area contributed by atoms with Crippen molar-refractivity contribution in [2.75, 3.05) is 4.90 Å². The van der Waals surface area contributed by atoms with Gasteiger partial charge in [0.1, 0.15) is 0 Å². The van der Waals surface area contributed by atoms with E-state index in [1.54, 1.807) is 0 Å². The lowest BCUT2D eigenvalue weighted by molar-refractivity contribution is 0.768. The van der Waals surface area contributed by atoms with E-state index in [2.05, 4.69) is 229 Å². The van der Waals surface area contributed by atoms with Gasteiger partial charge >= 0.3 is 0 Å². The molecule has 1 aliphatic carbocycles. The van der Waals surface area contributed by atoms with Gasteiger partial charge in [-0.15, -0.1) is 0 Å². The van der Waals surface area contributed by atoms with Crippen LogP contribution in [0.3, 0.4) is 0 Å². The highest BCUT2D eigenvalue weighted by Gasteiger charge is 2.46. The van der Waals surface area contributed by atoms with E-state index in [1.165, 1.54) is 76.8 Å². The summed E-state index contributed by atoms with van der Waals surface area (Å²) in [6.07, 6.45) is 0. The van der Waals surface area contributed by atoms with E-state index >= 15 is 0 Å². The molecule has 0 aromatic heterocycles. The quantitative estimate of drug-likeness (QED) is 0.155. The summed E-state index contributed by atoms with van der Waals surface area (Å²) in [5.74, 6) is 0. The molecule has 0 fully saturated rings. The lowest BCUT2D eigenvalue weighted by Gasteiger charge is -2.35. The maximum absolute atomic E-state index is 2.46. The number of hydrogen-bond acceptors (Lipinski definition) is 1. The Kier molecular flexibility index (Phi) is 7.47. The van der Waals surface area contributed by atoms with Crippen molar-refractivity contribution in [3.05, 3.63) is 247 Å². The molecule has 56 heavy (non-hydrogen) atoms. The fraction of sp³-hybridized carbons (Fsp3) is 0.0182. The second-order valence-electron chi connectivity index (χ2n) is 14.9. The van der Waals surface area contributed by atoms with Gasteiger partial charge in [-0.3, -0.25) is 0 Å². The minimum atomic E-state index is -0.488. The Balaban J connectivity index is 1.13. The van der Waals surface area contributed by atoms with E-state index in [-0.39, 0.29) is 0 Å². The van der Waals surface area contributed by atoms with Crippen LogP contribution in [0.25, 0.3) is 54.6 Å². The van der Waals surface area contributed by atoms with Crippen molar-refractivity contribution < 1.29 is 0 Å². The van der Waals surface area contributed by atoms with Gasteiger partial charge in [-0.1, -0.05) is 182 Å². The average Bonchev–Trinajstić information content (AvgIpc) is 3.57. The molecule has 0 saturated carbocycles. The Bertz CT molecular complexity index is 3030. The highest BCUT2D eigenvalue weighted by molar-refractivity contribution is 6.08. The van der Waals surface area contributed by atoms with Crippen molar-refractivity contribution >= 4 is 49.4 Å². The second kappa shape index (κ2) is 13.0. The molecule has 0 spiro atoms. The van der Waals surface area contributed by atoms with E-state index in [0.29, 0.717) is 0 Å². The van der Waals surface area contributed by atoms with Crippen LogP contribution in [0.5, 0.6) is 0 Å². The van der Waals surface area contributed by atoms with Crippen LogP contribution in [0, 0.1) is 0 Å². The molecular weight excluding hydrogens is 675 g/mol. The van der Waals surface area contributed by atoms with Gasteiger partial charge < -0.3 is 4.90 Å². The minimum absolute atomic E-state index is 0.488. The number of anilines is 3. The summed E-state index contributed by atoms with van der Waals surface area (Å²) in [6.45, 7) is 0. The van der Waals surface area contributed by atoms with Crippen LogP contribution in [0.2, 0.25) is 0 Å². The second-order valence-corrected chi connectivity index (χ2v) is 14.9. The molecule has 0 aliphatic heterocycles. The third-order valence-electron chi connectivity index (χ3n) is 11.9. The molecule has 10 aromatic carbocycles. The van der Waals surface area contributed by atoms with Crippen LogP contribution in [0.4, 0.5) is 17.1 Å². The topological polar surface area (TPSA) is 3.24 Å². The van der Waals surface area contributed by atoms with Gasteiger partial charge in [-0.05, 0) is 119 Å². The van der Waals surface area contributed by atoms with Crippen molar-refractivity contribution in [2.45, 2.75) is 5.41 Å². The van der Waals surface area contributed by atoms with E-state index in [0.717, 1.165) is 17.1 Å². The van der Waals surface area contributed by atoms with Gasteiger partial charge in [0.2, 0.25) is 0 Å². The molecule has 0 unspecified atom stereocenters. The van der Waals surface area contributed by atoms with E-state index in [1.807, 2.05) is 0 Å². The molecule has 0 saturated heterocycles. The molecule has 10 aromatic rings. The first-order valence-electron chi connectivity index (χ1n) is 19.4. The van der Waals surface area contributed by atoms with E-state index in [4.69, 9.17) is 0 Å². The summed E-state index contributed by atoms with van der Waals surface area (Å²) < 4.78 is 0. The maximum atomic E-state index is 2.46. The van der Waals surface area contributed by atoms with Crippen molar-refractivity contribution in [3.63, 3.8) is 0 Å². The first-order valence-corrected chi connectivity index (χ1v) is 19.4. The fourth-order valence-corrected chi connectivity index (χ4v) is 9.33. The summed E-state index contributed by atoms with van der Waals surface area (Å²) in [7, 11) is 0. The van der Waals surface area contributed by atoms with Crippen LogP contribution in [0.15, 0.2) is 224 Å². The molecule has 0 amide bonds. The van der Waals surface area contributed by atoms with Crippen molar-refractivity contribution in [2.24, 2.45) is 0 Å². The summed E-state index contributed by atoms with van der Waals surface area (Å²) in [6, 6.07) is 82.7. The maximum Gasteiger partial charge on any atom is 0.0714 e. The van der Waals surface area contributed by atoms with Gasteiger partial charge in [-0.2, -0.15) is 0 Å². The standard InChI is InChI=1S/C55H37N/c1-3-16-44(17-4-1)55(45-18-5-2-6-19-45)53-22-12-11-21-51(53)52-34-32-48(37-54(52)55)56(47-31-33-50-43(36-47)26-24-40-14-9-10-20-49(40)50)46-29-27-39(28-30-46)42-25-23-38-13-7-8-15-41(38)35-42/h1-37H. The molecule has 11 rings (SSSR count). The monoisotopic (exact) mass is 711 g/mol. The number of fused-ring (bicyclic) bond motifs is 7. The predicted octanol–water partition coefficient (Wildman–Crippen LogP) is 14.6. The zero-order valence-corrected chi connectivity index (χ0v) is 30.8. The minimum Gasteiger partial charge on any atom is -0.310 e. The van der Waals surface area contributed by atoms with Gasteiger partial charge in [0.05, 0.1) is 5.41 Å². The molecule has 1 heteroatoms. The van der Waals surface area contributed by atoms with Crippen LogP contribution >= 0.6 is 0 Å². The summed E-state index contributed by atoms with van der Waals surface area (Å²) >= 11 is 0. The lowest BCUT2D eigenvalue weighted by atomic mass is 9.67. The van der Waals surface area contributed by atoms with Gasteiger partial charge in [-0.25, -0.2) is 0 Å². The molecule has 1 aliphatic rings. The third-order valence-corrected chi connectivity index (χ3v) is 11.9. The molecule has 0 N–H and O–H groups in total. The Hall–Kier alpha value is -7.22. The molecule has 1 nitrogen and oxygen atoms in total. The number of benzene rings is 10. The van der Waals surface area contributed by atoms with Crippen LogP contribution < -0.4 is 4.90 Å². The van der Waals surface area contributed by atoms with Crippen molar-refractivity contribution in [1.82, 2.24) is 0 Å².